The van der Waals surface area contributed by atoms with Crippen LogP contribution in [-0.4, -0.2) is 42.6 Å². The third-order valence-corrected chi connectivity index (χ3v) is 4.71. The number of nitrogens with one attached hydrogen (secondary N) is 2. The van der Waals surface area contributed by atoms with Crippen molar-refractivity contribution >= 4 is 11.9 Å². The molecular formula is C19H27N3O3. The number of carbonyl (C=O) groups excluding carboxylic acids is 2. The van der Waals surface area contributed by atoms with Gasteiger partial charge in [-0.05, 0) is 38.7 Å². The quantitative estimate of drug-likeness (QED) is 0.831. The fraction of sp³-hybridized carbons (Fsp3) is 0.579. The molecule has 1 aromatic carbocycles. The molecule has 0 aromatic heterocycles. The maximum atomic E-state index is 12.5. The Kier molecular flexibility index (Phi) is 5.79. The molecule has 2 N–H and O–H groups in total. The van der Waals surface area contributed by atoms with Crippen LogP contribution < -0.4 is 15.4 Å². The van der Waals surface area contributed by atoms with Gasteiger partial charge in [-0.1, -0.05) is 18.2 Å². The first-order chi connectivity index (χ1) is 12.2. The molecule has 1 aliphatic carbocycles. The van der Waals surface area contributed by atoms with E-state index in [1.54, 1.807) is 4.90 Å². The lowest BCUT2D eigenvalue weighted by molar-refractivity contribution is -0.126. The van der Waals surface area contributed by atoms with E-state index in [0.717, 1.165) is 37.0 Å². The number of nitrogens with zero attached hydrogens (tertiary/aromatic N) is 1. The maximum Gasteiger partial charge on any atom is 0.317 e. The molecule has 1 aromatic rings. The number of para-hydroxylation sites is 1. The minimum atomic E-state index is -0.116. The topological polar surface area (TPSA) is 70.7 Å². The summed E-state index contributed by atoms with van der Waals surface area (Å²) in [6, 6.07) is 7.96. The van der Waals surface area contributed by atoms with Crippen molar-refractivity contribution in [3.8, 4) is 5.75 Å². The van der Waals surface area contributed by atoms with Crippen LogP contribution in [0.15, 0.2) is 24.3 Å². The van der Waals surface area contributed by atoms with E-state index in [-0.39, 0.29) is 17.9 Å². The standard InChI is InChI=1S/C19H27N3O3/c1-2-25-17-8-4-3-6-14(17)12-20-19(24)22-11-5-7-15(13-22)18(23)21-16-9-10-16/h3-4,6,8,15-16H,2,5,7,9-13H2,1H3,(H,20,24)(H,21,23)/t15-/m1/s1. The largest absolute Gasteiger partial charge is 0.494 e. The van der Waals surface area contributed by atoms with E-state index < -0.39 is 0 Å². The summed E-state index contributed by atoms with van der Waals surface area (Å²) in [6.45, 7) is 4.15. The van der Waals surface area contributed by atoms with Gasteiger partial charge in [0.15, 0.2) is 0 Å². The molecule has 136 valence electrons. The number of urea groups is 1. The van der Waals surface area contributed by atoms with Gasteiger partial charge in [0, 0.05) is 31.2 Å². The van der Waals surface area contributed by atoms with Crippen molar-refractivity contribution in [3.05, 3.63) is 29.8 Å². The molecule has 0 bridgehead atoms. The molecule has 1 heterocycles. The van der Waals surface area contributed by atoms with E-state index in [0.29, 0.717) is 32.3 Å². The first-order valence-electron chi connectivity index (χ1n) is 9.21. The summed E-state index contributed by atoms with van der Waals surface area (Å²) in [4.78, 5) is 26.5. The summed E-state index contributed by atoms with van der Waals surface area (Å²) in [5.41, 5.74) is 0.956. The molecule has 6 heteroatoms. The number of amides is 3. The average Bonchev–Trinajstić information content (AvgIpc) is 3.45. The van der Waals surface area contributed by atoms with Crippen molar-refractivity contribution in [1.29, 1.82) is 0 Å². The van der Waals surface area contributed by atoms with Gasteiger partial charge in [0.2, 0.25) is 5.91 Å². The highest BCUT2D eigenvalue weighted by Gasteiger charge is 2.31. The summed E-state index contributed by atoms with van der Waals surface area (Å²) in [5, 5.41) is 6.00. The maximum absolute atomic E-state index is 12.5. The predicted molar refractivity (Wildman–Crippen MR) is 95.3 cm³/mol. The molecule has 25 heavy (non-hydrogen) atoms. The molecule has 6 nitrogen and oxygen atoms in total. The summed E-state index contributed by atoms with van der Waals surface area (Å²) >= 11 is 0. The Morgan fingerprint density at radius 3 is 2.80 bits per heavy atom. The van der Waals surface area contributed by atoms with Gasteiger partial charge in [0.25, 0.3) is 0 Å². The lowest BCUT2D eigenvalue weighted by Crippen LogP contribution is -2.49. The van der Waals surface area contributed by atoms with Gasteiger partial charge in [0.05, 0.1) is 12.5 Å². The van der Waals surface area contributed by atoms with Crippen LogP contribution in [0.1, 0.15) is 38.2 Å². The van der Waals surface area contributed by atoms with Crippen molar-refractivity contribution < 1.29 is 14.3 Å². The highest BCUT2D eigenvalue weighted by molar-refractivity contribution is 5.81. The lowest BCUT2D eigenvalue weighted by atomic mass is 9.97. The van der Waals surface area contributed by atoms with Crippen LogP contribution in [0, 0.1) is 5.92 Å². The smallest absolute Gasteiger partial charge is 0.317 e. The van der Waals surface area contributed by atoms with E-state index >= 15 is 0 Å². The molecule has 1 saturated carbocycles. The molecule has 0 radical (unpaired) electrons. The molecule has 3 amide bonds. The minimum Gasteiger partial charge on any atom is -0.494 e. The molecule has 1 aliphatic heterocycles. The third-order valence-electron chi connectivity index (χ3n) is 4.71. The zero-order chi connectivity index (χ0) is 17.6. The second-order valence-corrected chi connectivity index (χ2v) is 6.77. The molecule has 2 fully saturated rings. The van der Waals surface area contributed by atoms with Crippen molar-refractivity contribution in [3.63, 3.8) is 0 Å². The number of likely N-dealkylation sites (tertiary alicyclic amines) is 1. The zero-order valence-electron chi connectivity index (χ0n) is 14.8. The van der Waals surface area contributed by atoms with Crippen LogP contribution in [0.2, 0.25) is 0 Å². The van der Waals surface area contributed by atoms with Gasteiger partial charge in [0.1, 0.15) is 5.75 Å². The number of carbonyl (C=O) groups is 2. The third kappa shape index (κ3) is 4.87. The molecule has 1 saturated heterocycles. The van der Waals surface area contributed by atoms with Crippen LogP contribution in [0.3, 0.4) is 0 Å². The lowest BCUT2D eigenvalue weighted by Gasteiger charge is -2.32. The summed E-state index contributed by atoms with van der Waals surface area (Å²) in [6.07, 6.45) is 3.89. The Balaban J connectivity index is 1.51. The number of benzene rings is 1. The van der Waals surface area contributed by atoms with Gasteiger partial charge < -0.3 is 20.3 Å². The van der Waals surface area contributed by atoms with Gasteiger partial charge in [-0.2, -0.15) is 0 Å². The second kappa shape index (κ2) is 8.23. The van der Waals surface area contributed by atoms with Crippen LogP contribution >= 0.6 is 0 Å². The van der Waals surface area contributed by atoms with Crippen LogP contribution in [0.4, 0.5) is 4.79 Å². The minimum absolute atomic E-state index is 0.0872. The van der Waals surface area contributed by atoms with Crippen molar-refractivity contribution in [1.82, 2.24) is 15.5 Å². The zero-order valence-corrected chi connectivity index (χ0v) is 14.8. The van der Waals surface area contributed by atoms with Gasteiger partial charge in [-0.15, -0.1) is 0 Å². The summed E-state index contributed by atoms with van der Waals surface area (Å²) in [5.74, 6) is 0.808. The summed E-state index contributed by atoms with van der Waals surface area (Å²) < 4.78 is 5.59. The van der Waals surface area contributed by atoms with E-state index in [9.17, 15) is 9.59 Å². The molecule has 3 rings (SSSR count). The number of hydrogen-bond donors (Lipinski definition) is 2. The van der Waals surface area contributed by atoms with Crippen molar-refractivity contribution in [2.24, 2.45) is 5.92 Å². The highest BCUT2D eigenvalue weighted by atomic mass is 16.5. The number of rotatable bonds is 6. The molecular weight excluding hydrogens is 318 g/mol. The predicted octanol–water partition coefficient (Wildman–Crippen LogP) is 2.29. The Hall–Kier alpha value is -2.24. The van der Waals surface area contributed by atoms with E-state index in [2.05, 4.69) is 10.6 Å². The first-order valence-corrected chi connectivity index (χ1v) is 9.21. The Labute approximate surface area is 148 Å². The van der Waals surface area contributed by atoms with Crippen LogP contribution in [0.5, 0.6) is 5.75 Å². The van der Waals surface area contributed by atoms with Gasteiger partial charge >= 0.3 is 6.03 Å². The van der Waals surface area contributed by atoms with E-state index in [1.807, 2.05) is 31.2 Å². The average molecular weight is 345 g/mol. The normalized spacial score (nSPS) is 20.0. The van der Waals surface area contributed by atoms with Gasteiger partial charge in [-0.25, -0.2) is 4.79 Å². The molecule has 0 unspecified atom stereocenters. The number of ether oxygens (including phenoxy) is 1. The number of piperidine rings is 1. The molecule has 2 aliphatic rings. The Morgan fingerprint density at radius 1 is 1.24 bits per heavy atom. The second-order valence-electron chi connectivity index (χ2n) is 6.77. The first kappa shape index (κ1) is 17.6. The Bertz CT molecular complexity index is 616. The monoisotopic (exact) mass is 345 g/mol. The summed E-state index contributed by atoms with van der Waals surface area (Å²) in [7, 11) is 0. The SMILES string of the molecule is CCOc1ccccc1CNC(=O)N1CCC[C@@H](C(=O)NC2CC2)C1. The van der Waals surface area contributed by atoms with Crippen LogP contribution in [0.25, 0.3) is 0 Å². The fourth-order valence-electron chi connectivity index (χ4n) is 3.15. The molecule has 0 spiro atoms. The Morgan fingerprint density at radius 2 is 2.04 bits per heavy atom. The van der Waals surface area contributed by atoms with Gasteiger partial charge in [-0.3, -0.25) is 4.79 Å². The van der Waals surface area contributed by atoms with Crippen molar-refractivity contribution in [2.75, 3.05) is 19.7 Å². The fourth-order valence-corrected chi connectivity index (χ4v) is 3.15. The highest BCUT2D eigenvalue weighted by Crippen LogP contribution is 2.22. The van der Waals surface area contributed by atoms with Crippen molar-refractivity contribution in [2.45, 2.75) is 45.2 Å². The van der Waals surface area contributed by atoms with Crippen LogP contribution in [-0.2, 0) is 11.3 Å². The van der Waals surface area contributed by atoms with E-state index in [4.69, 9.17) is 4.74 Å². The number of hydrogen-bond acceptors (Lipinski definition) is 3. The molecule has 1 atom stereocenters. The van der Waals surface area contributed by atoms with E-state index in [1.165, 1.54) is 0 Å².